The molecular weight excluding hydrogens is 392 g/mol. The summed E-state index contributed by atoms with van der Waals surface area (Å²) in [6.45, 7) is 6.14. The highest BCUT2D eigenvalue weighted by Crippen LogP contribution is 2.41. The Hall–Kier alpha value is -3.25. The van der Waals surface area contributed by atoms with Crippen molar-refractivity contribution in [2.24, 2.45) is 0 Å². The maximum atomic E-state index is 13.6. The fourth-order valence-electron chi connectivity index (χ4n) is 4.05. The van der Waals surface area contributed by atoms with Crippen LogP contribution >= 0.6 is 0 Å². The van der Waals surface area contributed by atoms with Gasteiger partial charge in [-0.05, 0) is 55.3 Å². The molecule has 1 unspecified atom stereocenters. The van der Waals surface area contributed by atoms with Gasteiger partial charge in [0.15, 0.2) is 0 Å². The smallest absolute Gasteiger partial charge is 0.258 e. The van der Waals surface area contributed by atoms with E-state index in [0.717, 1.165) is 22.8 Å². The van der Waals surface area contributed by atoms with Gasteiger partial charge in [-0.2, -0.15) is 0 Å². The summed E-state index contributed by atoms with van der Waals surface area (Å²) >= 11 is 0. The lowest BCUT2D eigenvalue weighted by molar-refractivity contribution is 0.0430. The van der Waals surface area contributed by atoms with Crippen molar-refractivity contribution in [2.75, 3.05) is 25.1 Å². The molecule has 162 valence electrons. The first-order valence-corrected chi connectivity index (χ1v) is 10.7. The highest BCUT2D eigenvalue weighted by Gasteiger charge is 2.45. The minimum absolute atomic E-state index is 0.0235. The molecule has 0 saturated carbocycles. The summed E-state index contributed by atoms with van der Waals surface area (Å²) < 4.78 is 16.7. The molecule has 0 fully saturated rings. The van der Waals surface area contributed by atoms with Gasteiger partial charge in [0.1, 0.15) is 23.8 Å². The molecule has 6 nitrogen and oxygen atoms in total. The molecule has 0 bridgehead atoms. The zero-order valence-corrected chi connectivity index (χ0v) is 18.0. The van der Waals surface area contributed by atoms with E-state index >= 15 is 0 Å². The van der Waals surface area contributed by atoms with Crippen LogP contribution in [0.4, 0.5) is 5.69 Å². The topological polar surface area (TPSA) is 63.9 Å². The van der Waals surface area contributed by atoms with E-state index in [2.05, 4.69) is 12.2 Å². The third-order valence-corrected chi connectivity index (χ3v) is 5.64. The number of nitrogens with zero attached hydrogens (tertiary/aromatic N) is 1. The Morgan fingerprint density at radius 3 is 2.52 bits per heavy atom. The van der Waals surface area contributed by atoms with E-state index in [1.165, 1.54) is 0 Å². The first-order chi connectivity index (χ1) is 15.2. The highest BCUT2D eigenvalue weighted by atomic mass is 16.5. The van der Waals surface area contributed by atoms with Gasteiger partial charge in [0, 0.05) is 12.3 Å². The van der Waals surface area contributed by atoms with Crippen molar-refractivity contribution < 1.29 is 18.7 Å². The Labute approximate surface area is 182 Å². The molecule has 1 atom stereocenters. The van der Waals surface area contributed by atoms with Crippen LogP contribution in [0.5, 0.6) is 5.75 Å². The van der Waals surface area contributed by atoms with Gasteiger partial charge in [-0.1, -0.05) is 31.2 Å². The Bertz CT molecular complexity index is 1000. The number of carbonyl (C=O) groups excluding carboxylic acids is 1. The van der Waals surface area contributed by atoms with Gasteiger partial charge in [0.25, 0.3) is 5.91 Å². The van der Waals surface area contributed by atoms with Gasteiger partial charge in [0.2, 0.25) is 0 Å². The highest BCUT2D eigenvalue weighted by molar-refractivity contribution is 6.02. The van der Waals surface area contributed by atoms with Gasteiger partial charge in [0.05, 0.1) is 25.0 Å². The third kappa shape index (κ3) is 4.16. The normalized spacial score (nSPS) is 17.9. The van der Waals surface area contributed by atoms with E-state index in [1.54, 1.807) is 6.26 Å². The average molecular weight is 421 g/mol. The molecule has 1 N–H and O–H groups in total. The molecule has 1 amide bonds. The number of benzene rings is 2. The maximum Gasteiger partial charge on any atom is 0.258 e. The zero-order chi connectivity index (χ0) is 21.7. The number of ether oxygens (including phenoxy) is 2. The third-order valence-electron chi connectivity index (χ3n) is 5.64. The molecule has 1 aromatic heterocycles. The number of para-hydroxylation sites is 1. The van der Waals surface area contributed by atoms with Crippen LogP contribution in [-0.2, 0) is 16.9 Å². The maximum absolute atomic E-state index is 13.6. The molecule has 6 heteroatoms. The van der Waals surface area contributed by atoms with Crippen molar-refractivity contribution in [3.05, 3.63) is 83.8 Å². The summed E-state index contributed by atoms with van der Waals surface area (Å²) in [5.41, 5.74) is 1.78. The van der Waals surface area contributed by atoms with Gasteiger partial charge in [-0.3, -0.25) is 4.79 Å². The number of amides is 1. The van der Waals surface area contributed by atoms with Crippen LogP contribution in [0.1, 0.15) is 41.9 Å². The van der Waals surface area contributed by atoms with E-state index in [1.807, 2.05) is 72.5 Å². The van der Waals surface area contributed by atoms with Crippen LogP contribution in [0.15, 0.2) is 71.3 Å². The largest absolute Gasteiger partial charge is 0.491 e. The first kappa shape index (κ1) is 21.0. The predicted molar refractivity (Wildman–Crippen MR) is 119 cm³/mol. The summed E-state index contributed by atoms with van der Waals surface area (Å²) in [6.07, 6.45) is 2.31. The second-order valence-electron chi connectivity index (χ2n) is 7.42. The molecule has 0 saturated heterocycles. The molecule has 0 aliphatic carbocycles. The summed E-state index contributed by atoms with van der Waals surface area (Å²) in [4.78, 5) is 15.4. The molecule has 1 aliphatic heterocycles. The number of rotatable bonds is 9. The monoisotopic (exact) mass is 420 g/mol. The SMILES string of the molecule is CCOCCOc1ccc(C2(CC)Nc3ccccc3C(=O)N2Cc2ccco2)cc1. The Morgan fingerprint density at radius 2 is 1.81 bits per heavy atom. The molecule has 0 radical (unpaired) electrons. The van der Waals surface area contributed by atoms with Crippen molar-refractivity contribution in [3.8, 4) is 5.75 Å². The molecule has 1 aliphatic rings. The van der Waals surface area contributed by atoms with Gasteiger partial charge in [-0.25, -0.2) is 0 Å². The van der Waals surface area contributed by atoms with E-state index < -0.39 is 5.66 Å². The molecule has 2 aromatic carbocycles. The van der Waals surface area contributed by atoms with Crippen LogP contribution in [0.2, 0.25) is 0 Å². The van der Waals surface area contributed by atoms with Gasteiger partial charge < -0.3 is 24.1 Å². The Kier molecular flexibility index (Phi) is 6.28. The van der Waals surface area contributed by atoms with Crippen molar-refractivity contribution in [3.63, 3.8) is 0 Å². The van der Waals surface area contributed by atoms with E-state index in [4.69, 9.17) is 13.9 Å². The minimum Gasteiger partial charge on any atom is -0.491 e. The number of nitrogens with one attached hydrogen (secondary N) is 1. The van der Waals surface area contributed by atoms with Crippen LogP contribution in [-0.4, -0.2) is 30.6 Å². The number of hydrogen-bond donors (Lipinski definition) is 1. The molecule has 3 aromatic rings. The molecule has 4 rings (SSSR count). The number of hydrogen-bond acceptors (Lipinski definition) is 5. The quantitative estimate of drug-likeness (QED) is 0.492. The number of fused-ring (bicyclic) bond motifs is 1. The van der Waals surface area contributed by atoms with Crippen molar-refractivity contribution >= 4 is 11.6 Å². The van der Waals surface area contributed by atoms with Crippen LogP contribution in [0.25, 0.3) is 0 Å². The van der Waals surface area contributed by atoms with Crippen molar-refractivity contribution in [1.29, 1.82) is 0 Å². The number of carbonyl (C=O) groups is 1. The lowest BCUT2D eigenvalue weighted by Gasteiger charge is -2.48. The number of furan rings is 1. The first-order valence-electron chi connectivity index (χ1n) is 10.7. The minimum atomic E-state index is -0.706. The van der Waals surface area contributed by atoms with Crippen LogP contribution in [0.3, 0.4) is 0 Å². The fraction of sp³-hybridized carbons (Fsp3) is 0.320. The average Bonchev–Trinajstić information content (AvgIpc) is 3.32. The lowest BCUT2D eigenvalue weighted by atomic mass is 9.89. The Morgan fingerprint density at radius 1 is 1.00 bits per heavy atom. The second-order valence-corrected chi connectivity index (χ2v) is 7.42. The van der Waals surface area contributed by atoms with E-state index in [-0.39, 0.29) is 5.91 Å². The van der Waals surface area contributed by atoms with Gasteiger partial charge in [-0.15, -0.1) is 0 Å². The van der Waals surface area contributed by atoms with Gasteiger partial charge >= 0.3 is 0 Å². The van der Waals surface area contributed by atoms with Crippen molar-refractivity contribution in [1.82, 2.24) is 4.90 Å². The molecule has 2 heterocycles. The van der Waals surface area contributed by atoms with E-state index in [0.29, 0.717) is 38.3 Å². The van der Waals surface area contributed by atoms with Crippen LogP contribution < -0.4 is 10.1 Å². The standard InChI is InChI=1S/C25H28N2O4/c1-3-25(19-11-13-20(14-12-19)31-17-16-29-4-2)26-23-10-6-5-9-22(23)24(28)27(25)18-21-8-7-15-30-21/h5-15,26H,3-4,16-18H2,1-2H3. The van der Waals surface area contributed by atoms with Crippen LogP contribution in [0, 0.1) is 0 Å². The summed E-state index contributed by atoms with van der Waals surface area (Å²) in [5.74, 6) is 1.49. The summed E-state index contributed by atoms with van der Waals surface area (Å²) in [6, 6.07) is 19.3. The summed E-state index contributed by atoms with van der Waals surface area (Å²) in [7, 11) is 0. The fourth-order valence-corrected chi connectivity index (χ4v) is 4.05. The molecular formula is C25H28N2O4. The molecule has 31 heavy (non-hydrogen) atoms. The van der Waals surface area contributed by atoms with E-state index in [9.17, 15) is 4.79 Å². The lowest BCUT2D eigenvalue weighted by Crippen LogP contribution is -2.56. The molecule has 0 spiro atoms. The summed E-state index contributed by atoms with van der Waals surface area (Å²) in [5, 5.41) is 3.65. The number of anilines is 1. The second kappa shape index (κ2) is 9.27. The predicted octanol–water partition coefficient (Wildman–Crippen LogP) is 5.03. The van der Waals surface area contributed by atoms with Crippen molar-refractivity contribution in [2.45, 2.75) is 32.5 Å². The Balaban J connectivity index is 1.68. The zero-order valence-electron chi connectivity index (χ0n) is 18.0.